The third kappa shape index (κ3) is 19.7. The number of benzene rings is 6. The molecule has 0 amide bonds. The van der Waals surface area contributed by atoms with Crippen molar-refractivity contribution in [2.24, 2.45) is 0 Å². The van der Waals surface area contributed by atoms with Crippen molar-refractivity contribution in [1.29, 1.82) is 0 Å². The zero-order valence-electron chi connectivity index (χ0n) is 49.8. The minimum Gasteiger partial charge on any atom is -0.489 e. The molecule has 81 heavy (non-hydrogen) atoms. The fourth-order valence-electron chi connectivity index (χ4n) is 9.72. The molecule has 6 aromatic rings. The fraction of sp³-hybridized carbons (Fsp3) is 0.320. The first-order chi connectivity index (χ1) is 38.4. The van der Waals surface area contributed by atoms with Crippen molar-refractivity contribution in [2.45, 2.75) is 150 Å². The van der Waals surface area contributed by atoms with Gasteiger partial charge in [-0.15, -0.1) is 0 Å². The van der Waals surface area contributed by atoms with E-state index in [0.29, 0.717) is 55.8 Å². The molecule has 0 aromatic heterocycles. The molecule has 0 spiro atoms. The first-order valence-electron chi connectivity index (χ1n) is 28.7. The summed E-state index contributed by atoms with van der Waals surface area (Å²) >= 11 is 0. The van der Waals surface area contributed by atoms with Crippen molar-refractivity contribution in [1.82, 2.24) is 0 Å². The molecule has 0 aliphatic rings. The Bertz CT molecular complexity index is 3220. The lowest BCUT2D eigenvalue weighted by atomic mass is 9.80. The van der Waals surface area contributed by atoms with E-state index >= 15 is 0 Å². The number of rotatable bonds is 30. The molecule has 0 atom stereocenters. The minimum absolute atomic E-state index is 0.0562. The van der Waals surface area contributed by atoms with E-state index in [1.54, 1.807) is 19.1 Å². The molecule has 6 nitrogen and oxygen atoms in total. The Balaban J connectivity index is 0.860. The van der Waals surface area contributed by atoms with Crippen LogP contribution in [0.3, 0.4) is 0 Å². The molecule has 0 bridgehead atoms. The van der Waals surface area contributed by atoms with Crippen LogP contribution < -0.4 is 14.2 Å². The van der Waals surface area contributed by atoms with Crippen LogP contribution >= 0.6 is 0 Å². The number of esters is 1. The van der Waals surface area contributed by atoms with Gasteiger partial charge < -0.3 is 14.2 Å². The summed E-state index contributed by atoms with van der Waals surface area (Å²) < 4.78 is 17.8. The fourth-order valence-corrected chi connectivity index (χ4v) is 9.72. The van der Waals surface area contributed by atoms with Gasteiger partial charge in [0, 0.05) is 36.8 Å². The van der Waals surface area contributed by atoms with Gasteiger partial charge in [-0.2, -0.15) is 0 Å². The van der Waals surface area contributed by atoms with Crippen LogP contribution in [0, 0.1) is 0 Å². The summed E-state index contributed by atoms with van der Waals surface area (Å²) in [5.74, 6) is 2.59. The van der Waals surface area contributed by atoms with E-state index in [-0.39, 0.29) is 28.4 Å². The monoisotopic (exact) mass is 1080 g/mol. The van der Waals surface area contributed by atoms with Gasteiger partial charge in [0.15, 0.2) is 5.78 Å². The van der Waals surface area contributed by atoms with Crippen molar-refractivity contribution < 1.29 is 28.6 Å². The van der Waals surface area contributed by atoms with E-state index in [4.69, 9.17) is 14.2 Å². The molecule has 6 aromatic carbocycles. The second-order valence-electron chi connectivity index (χ2n) is 24.1. The molecule has 0 aliphatic carbocycles. The first-order valence-corrected chi connectivity index (χ1v) is 28.7. The van der Waals surface area contributed by atoms with E-state index in [2.05, 4.69) is 148 Å². The third-order valence-electron chi connectivity index (χ3n) is 14.5. The lowest BCUT2D eigenvalue weighted by Crippen LogP contribution is -2.15. The Hall–Kier alpha value is -7.83. The molecule has 6 rings (SSSR count). The van der Waals surface area contributed by atoms with Gasteiger partial charge in [0.2, 0.25) is 0 Å². The second-order valence-corrected chi connectivity index (χ2v) is 24.1. The Morgan fingerprint density at radius 3 is 1.41 bits per heavy atom. The Kier molecular flexibility index (Phi) is 22.4. The Labute approximate surface area is 485 Å². The van der Waals surface area contributed by atoms with Gasteiger partial charge in [-0.1, -0.05) is 198 Å². The van der Waals surface area contributed by atoms with E-state index in [1.165, 1.54) is 16.7 Å². The van der Waals surface area contributed by atoms with Gasteiger partial charge in [-0.05, 0) is 177 Å². The second kappa shape index (κ2) is 29.1. The molecular weight excluding hydrogens is 997 g/mol. The average Bonchev–Trinajstić information content (AvgIpc) is 3.44. The maximum Gasteiger partial charge on any atom is 0.311 e. The standard InChI is InChI=1S/C75H86O6/c1-51(2)50-79-67-38-34-63(35-39-67)54(6)44-60-28-42-72(70(48-60)75(12,13)14)80-56(8)64-36-40-68(41-37-64)81-73(78)22-20-18-16-15-17-19-21-66(76)46-57-23-29-62(30-24-57)55(7)45-65-33-27-59(47-69(65)74(9,10)11)43-53(5)61-31-25-58(26-32-61)49-71(77)52(3)4/h23-42,47-48H,1,3,5-8,15-22,43-46,49-50H2,2,4,9-14H3. The predicted octanol–water partition coefficient (Wildman–Crippen LogP) is 18.6. The van der Waals surface area contributed by atoms with Crippen LogP contribution in [0.1, 0.15) is 168 Å². The molecule has 0 heterocycles. The summed E-state index contributed by atoms with van der Waals surface area (Å²) in [7, 11) is 0. The van der Waals surface area contributed by atoms with Crippen LogP contribution in [0.5, 0.6) is 17.2 Å². The number of ether oxygens (including phenoxy) is 3. The largest absolute Gasteiger partial charge is 0.489 e. The average molecular weight is 1080 g/mol. The zero-order valence-corrected chi connectivity index (χ0v) is 49.8. The van der Waals surface area contributed by atoms with Gasteiger partial charge in [0.1, 0.15) is 35.4 Å². The van der Waals surface area contributed by atoms with E-state index in [1.807, 2.05) is 61.5 Å². The number of unbranched alkanes of at least 4 members (excludes halogenated alkanes) is 5. The van der Waals surface area contributed by atoms with Gasteiger partial charge in [-0.25, -0.2) is 0 Å². The Morgan fingerprint density at radius 2 is 0.877 bits per heavy atom. The molecule has 0 unspecified atom stereocenters. The molecule has 0 N–H and O–H groups in total. The number of hydrogen-bond acceptors (Lipinski definition) is 6. The normalized spacial score (nSPS) is 11.4. The van der Waals surface area contributed by atoms with Gasteiger partial charge in [0.25, 0.3) is 0 Å². The number of carbonyl (C=O) groups excluding carboxylic acids is 3. The molecule has 0 aliphatic heterocycles. The lowest BCUT2D eigenvalue weighted by molar-refractivity contribution is -0.134. The maximum atomic E-state index is 13.0. The van der Waals surface area contributed by atoms with Gasteiger partial charge >= 0.3 is 5.97 Å². The summed E-state index contributed by atoms with van der Waals surface area (Å²) in [6.07, 6.45) is 9.42. The van der Waals surface area contributed by atoms with Crippen molar-refractivity contribution in [3.8, 4) is 17.2 Å². The SMILES string of the molecule is C=C(C)COc1ccc(C(=C)Cc2ccc(OC(=C)c3ccc(OC(=O)CCCCCCCCC(=O)Cc4ccc(C(=C)Cc5ccc(CC(=C)c6ccc(CC(=O)C(=C)C)cc6)cc5C(C)(C)C)cc4)cc3)c(C(C)(C)C)c2)cc1. The summed E-state index contributed by atoms with van der Waals surface area (Å²) in [5, 5.41) is 0. The maximum absolute atomic E-state index is 13.0. The van der Waals surface area contributed by atoms with Crippen LogP contribution in [0.15, 0.2) is 184 Å². The summed E-state index contributed by atoms with van der Waals surface area (Å²) in [5.41, 5.74) is 16.3. The van der Waals surface area contributed by atoms with Crippen LogP contribution in [0.2, 0.25) is 0 Å². The van der Waals surface area contributed by atoms with Crippen LogP contribution in [0.25, 0.3) is 22.5 Å². The summed E-state index contributed by atoms with van der Waals surface area (Å²) in [4.78, 5) is 37.9. The quantitative estimate of drug-likeness (QED) is 0.0112. The molecular formula is C75H86O6. The number of carbonyl (C=O) groups is 3. The smallest absolute Gasteiger partial charge is 0.311 e. The third-order valence-corrected chi connectivity index (χ3v) is 14.5. The highest BCUT2D eigenvalue weighted by Crippen LogP contribution is 2.37. The molecule has 0 radical (unpaired) electrons. The predicted molar refractivity (Wildman–Crippen MR) is 339 cm³/mol. The van der Waals surface area contributed by atoms with E-state index < -0.39 is 0 Å². The highest BCUT2D eigenvalue weighted by Gasteiger charge is 2.23. The van der Waals surface area contributed by atoms with Crippen LogP contribution in [-0.4, -0.2) is 24.1 Å². The topological polar surface area (TPSA) is 78.9 Å². The van der Waals surface area contributed by atoms with Crippen LogP contribution in [0.4, 0.5) is 0 Å². The van der Waals surface area contributed by atoms with Crippen molar-refractivity contribution >= 4 is 40.0 Å². The van der Waals surface area contributed by atoms with E-state index in [0.717, 1.165) is 130 Å². The highest BCUT2D eigenvalue weighted by atomic mass is 16.5. The molecule has 0 saturated carbocycles. The first kappa shape index (κ1) is 62.4. The summed E-state index contributed by atoms with van der Waals surface area (Å²) in [6.45, 7) is 42.6. The number of hydrogen-bond donors (Lipinski definition) is 0. The lowest BCUT2D eigenvalue weighted by Gasteiger charge is -2.25. The number of Topliss-reactive ketones (excluding diaryl/α,β-unsaturated/α-hetero) is 2. The highest BCUT2D eigenvalue weighted by molar-refractivity contribution is 5.95. The van der Waals surface area contributed by atoms with Crippen molar-refractivity contribution in [2.75, 3.05) is 6.61 Å². The van der Waals surface area contributed by atoms with Crippen LogP contribution in [-0.2, 0) is 57.3 Å². The Morgan fingerprint density at radius 1 is 0.432 bits per heavy atom. The van der Waals surface area contributed by atoms with Crippen molar-refractivity contribution in [3.63, 3.8) is 0 Å². The summed E-state index contributed by atoms with van der Waals surface area (Å²) in [6, 6.07) is 44.7. The number of ketones is 2. The molecule has 6 heteroatoms. The molecule has 422 valence electrons. The minimum atomic E-state index is -0.253. The van der Waals surface area contributed by atoms with E-state index in [9.17, 15) is 14.4 Å². The zero-order chi connectivity index (χ0) is 58.9. The van der Waals surface area contributed by atoms with Crippen molar-refractivity contribution in [3.05, 3.63) is 245 Å². The molecule has 0 fully saturated rings. The molecule has 0 saturated heterocycles. The van der Waals surface area contributed by atoms with Gasteiger partial charge in [-0.3, -0.25) is 14.4 Å². The number of allylic oxidation sites excluding steroid dienone is 4. The van der Waals surface area contributed by atoms with Gasteiger partial charge in [0.05, 0.1) is 0 Å².